The first-order chi connectivity index (χ1) is 14.4. The van der Waals surface area contributed by atoms with Gasteiger partial charge in [0.2, 0.25) is 10.0 Å². The minimum absolute atomic E-state index is 0.0747. The number of ether oxygens (including phenoxy) is 2. The zero-order chi connectivity index (χ0) is 21.5. The number of fused-ring (bicyclic) bond motifs is 3. The van der Waals surface area contributed by atoms with Crippen LogP contribution < -0.4 is 19.8 Å². The van der Waals surface area contributed by atoms with Gasteiger partial charge in [0.1, 0.15) is 11.5 Å². The molecule has 0 fully saturated rings. The van der Waals surface area contributed by atoms with Gasteiger partial charge in [-0.3, -0.25) is 4.79 Å². The highest BCUT2D eigenvalue weighted by Gasteiger charge is 2.25. The van der Waals surface area contributed by atoms with Crippen molar-refractivity contribution in [3.8, 4) is 11.5 Å². The van der Waals surface area contributed by atoms with Crippen LogP contribution in [0.25, 0.3) is 15.2 Å². The molecule has 2 aromatic heterocycles. The molecule has 0 unspecified atom stereocenters. The van der Waals surface area contributed by atoms with Crippen molar-refractivity contribution in [1.29, 1.82) is 0 Å². The number of benzene rings is 2. The highest BCUT2D eigenvalue weighted by atomic mass is 32.2. The van der Waals surface area contributed by atoms with E-state index in [0.717, 1.165) is 4.70 Å². The Morgan fingerprint density at radius 2 is 1.90 bits per heavy atom. The van der Waals surface area contributed by atoms with Crippen molar-refractivity contribution in [2.24, 2.45) is 0 Å². The summed E-state index contributed by atoms with van der Waals surface area (Å²) in [4.78, 5) is 17.6. The molecule has 0 bridgehead atoms. The first-order valence-electron chi connectivity index (χ1n) is 8.97. The molecule has 1 N–H and O–H groups in total. The maximum absolute atomic E-state index is 13.2. The van der Waals surface area contributed by atoms with Gasteiger partial charge in [-0.25, -0.2) is 22.5 Å². The van der Waals surface area contributed by atoms with Gasteiger partial charge in [-0.15, -0.1) is 0 Å². The topological polar surface area (TPSA) is 99.0 Å². The van der Waals surface area contributed by atoms with E-state index >= 15 is 0 Å². The van der Waals surface area contributed by atoms with Crippen molar-refractivity contribution in [1.82, 2.24) is 14.1 Å². The number of thiazole rings is 1. The molecular weight excluding hydrogens is 426 g/mol. The zero-order valence-electron chi connectivity index (χ0n) is 16.5. The van der Waals surface area contributed by atoms with E-state index in [9.17, 15) is 13.2 Å². The van der Waals surface area contributed by atoms with Gasteiger partial charge in [0, 0.05) is 12.1 Å². The third kappa shape index (κ3) is 3.42. The molecule has 30 heavy (non-hydrogen) atoms. The number of aryl methyl sites for hydroxylation is 1. The Morgan fingerprint density at radius 1 is 1.13 bits per heavy atom. The average Bonchev–Trinajstić information content (AvgIpc) is 3.10. The molecule has 0 radical (unpaired) electrons. The fourth-order valence-corrected chi connectivity index (χ4v) is 5.58. The summed E-state index contributed by atoms with van der Waals surface area (Å²) < 4.78 is 41.3. The van der Waals surface area contributed by atoms with Crippen LogP contribution in [0, 0.1) is 6.92 Å². The predicted octanol–water partition coefficient (Wildman–Crippen LogP) is 2.71. The SMILES string of the molecule is COc1ccc(OC)c(CNS(=O)(=O)c2c(C)nc3sc4ccccc4n3c2=O)c1. The quantitative estimate of drug-likeness (QED) is 0.490. The maximum atomic E-state index is 13.2. The second-order valence-electron chi connectivity index (χ2n) is 6.52. The molecule has 0 aliphatic rings. The number of sulfonamides is 1. The summed E-state index contributed by atoms with van der Waals surface area (Å²) in [5, 5.41) is 0. The van der Waals surface area contributed by atoms with Crippen LogP contribution >= 0.6 is 11.3 Å². The summed E-state index contributed by atoms with van der Waals surface area (Å²) in [5.41, 5.74) is 0.728. The van der Waals surface area contributed by atoms with Gasteiger partial charge in [0.25, 0.3) is 5.56 Å². The summed E-state index contributed by atoms with van der Waals surface area (Å²) in [5.74, 6) is 1.07. The molecule has 4 rings (SSSR count). The summed E-state index contributed by atoms with van der Waals surface area (Å²) >= 11 is 1.33. The number of rotatable bonds is 6. The van der Waals surface area contributed by atoms with Crippen LogP contribution in [0.2, 0.25) is 0 Å². The molecule has 156 valence electrons. The maximum Gasteiger partial charge on any atom is 0.279 e. The van der Waals surface area contributed by atoms with Gasteiger partial charge in [-0.1, -0.05) is 23.5 Å². The molecule has 10 heteroatoms. The van der Waals surface area contributed by atoms with Crippen molar-refractivity contribution in [3.05, 3.63) is 64.1 Å². The fourth-order valence-electron chi connectivity index (χ4n) is 3.27. The van der Waals surface area contributed by atoms with Gasteiger partial charge in [-0.05, 0) is 37.3 Å². The molecule has 4 aromatic rings. The molecule has 0 aliphatic carbocycles. The van der Waals surface area contributed by atoms with Gasteiger partial charge >= 0.3 is 0 Å². The average molecular weight is 446 g/mol. The molecule has 0 spiro atoms. The number of hydrogen-bond donors (Lipinski definition) is 1. The van der Waals surface area contributed by atoms with Crippen molar-refractivity contribution in [3.63, 3.8) is 0 Å². The zero-order valence-corrected chi connectivity index (χ0v) is 18.1. The lowest BCUT2D eigenvalue weighted by atomic mass is 10.2. The minimum atomic E-state index is -4.14. The third-order valence-corrected chi connectivity index (χ3v) is 7.25. The molecule has 2 aromatic carbocycles. The van der Waals surface area contributed by atoms with E-state index in [-0.39, 0.29) is 17.1 Å². The van der Waals surface area contributed by atoms with E-state index in [1.54, 1.807) is 30.3 Å². The lowest BCUT2D eigenvalue weighted by Gasteiger charge is -2.12. The molecule has 0 amide bonds. The van der Waals surface area contributed by atoms with Crippen molar-refractivity contribution in [2.75, 3.05) is 14.2 Å². The van der Waals surface area contributed by atoms with Crippen LogP contribution in [0.1, 0.15) is 11.3 Å². The fraction of sp³-hybridized carbons (Fsp3) is 0.200. The van der Waals surface area contributed by atoms with E-state index in [1.165, 1.54) is 36.9 Å². The Bertz CT molecular complexity index is 1420. The monoisotopic (exact) mass is 445 g/mol. The standard InChI is InChI=1S/C20H19N3O5S2/c1-12-18(19(24)23-15-6-4-5-7-17(15)29-20(23)22-12)30(25,26)21-11-13-10-14(27-2)8-9-16(13)28-3/h4-10,21H,11H2,1-3H3. The first-order valence-corrected chi connectivity index (χ1v) is 11.3. The van der Waals surface area contributed by atoms with Crippen LogP contribution in [0.15, 0.2) is 52.2 Å². The number of hydrogen-bond acceptors (Lipinski definition) is 7. The Morgan fingerprint density at radius 3 is 2.63 bits per heavy atom. The first kappa shape index (κ1) is 20.3. The summed E-state index contributed by atoms with van der Waals surface area (Å²) in [7, 11) is -1.12. The van der Waals surface area contributed by atoms with Crippen LogP contribution in [-0.4, -0.2) is 32.0 Å². The van der Waals surface area contributed by atoms with E-state index in [4.69, 9.17) is 9.47 Å². The van der Waals surface area contributed by atoms with E-state index in [2.05, 4.69) is 9.71 Å². The molecular formula is C20H19N3O5S2. The van der Waals surface area contributed by atoms with E-state index in [1.807, 2.05) is 12.1 Å². The highest BCUT2D eigenvalue weighted by Crippen LogP contribution is 2.26. The van der Waals surface area contributed by atoms with Gasteiger partial charge in [0.15, 0.2) is 9.86 Å². The minimum Gasteiger partial charge on any atom is -0.497 e. The summed E-state index contributed by atoms with van der Waals surface area (Å²) in [6.07, 6.45) is 0. The van der Waals surface area contributed by atoms with Gasteiger partial charge in [-0.2, -0.15) is 0 Å². The van der Waals surface area contributed by atoms with Crippen LogP contribution in [0.4, 0.5) is 0 Å². The molecule has 0 atom stereocenters. The second kappa shape index (κ2) is 7.71. The number of para-hydroxylation sites is 1. The number of nitrogens with one attached hydrogen (secondary N) is 1. The molecule has 8 nitrogen and oxygen atoms in total. The molecule has 0 saturated heterocycles. The van der Waals surface area contributed by atoms with Gasteiger partial charge in [0.05, 0.1) is 30.1 Å². The Hall–Kier alpha value is -2.95. The third-order valence-electron chi connectivity index (χ3n) is 4.70. The highest BCUT2D eigenvalue weighted by molar-refractivity contribution is 7.89. The number of nitrogens with zero attached hydrogens (tertiary/aromatic N) is 2. The molecule has 0 saturated carbocycles. The van der Waals surface area contributed by atoms with E-state index in [0.29, 0.717) is 27.5 Å². The van der Waals surface area contributed by atoms with Crippen LogP contribution in [-0.2, 0) is 16.6 Å². The van der Waals surface area contributed by atoms with Crippen molar-refractivity contribution in [2.45, 2.75) is 18.4 Å². The largest absolute Gasteiger partial charge is 0.497 e. The lowest BCUT2D eigenvalue weighted by molar-refractivity contribution is 0.398. The molecule has 0 aliphatic heterocycles. The van der Waals surface area contributed by atoms with Crippen LogP contribution in [0.3, 0.4) is 0 Å². The molecule has 2 heterocycles. The number of aromatic nitrogens is 2. The van der Waals surface area contributed by atoms with E-state index < -0.39 is 15.6 Å². The normalized spacial score (nSPS) is 11.8. The number of methoxy groups -OCH3 is 2. The Kier molecular flexibility index (Phi) is 5.22. The second-order valence-corrected chi connectivity index (χ2v) is 9.23. The predicted molar refractivity (Wildman–Crippen MR) is 115 cm³/mol. The summed E-state index contributed by atoms with van der Waals surface area (Å²) in [6, 6.07) is 12.4. The lowest BCUT2D eigenvalue weighted by Crippen LogP contribution is -2.32. The van der Waals surface area contributed by atoms with Crippen LogP contribution in [0.5, 0.6) is 11.5 Å². The smallest absolute Gasteiger partial charge is 0.279 e. The Balaban J connectivity index is 1.78. The summed E-state index contributed by atoms with van der Waals surface area (Å²) in [6.45, 7) is 1.45. The Labute approximate surface area is 176 Å². The van der Waals surface area contributed by atoms with Crippen molar-refractivity contribution < 1.29 is 17.9 Å². The van der Waals surface area contributed by atoms with Gasteiger partial charge < -0.3 is 9.47 Å². The van der Waals surface area contributed by atoms with Crippen molar-refractivity contribution >= 4 is 36.5 Å².